The second kappa shape index (κ2) is 9.00. The molecule has 0 aromatic heterocycles. The quantitative estimate of drug-likeness (QED) is 0.587. The van der Waals surface area contributed by atoms with Crippen LogP contribution in [-0.2, 0) is 9.53 Å². The number of benzene rings is 1. The number of carbonyl (C=O) groups is 1. The lowest BCUT2D eigenvalue weighted by molar-refractivity contribution is -0.141. The van der Waals surface area contributed by atoms with Crippen molar-refractivity contribution in [2.24, 2.45) is 0 Å². The Hall–Kier alpha value is -1.99. The molecule has 4 nitrogen and oxygen atoms in total. The van der Waals surface area contributed by atoms with Gasteiger partial charge in [-0.15, -0.1) is 0 Å². The van der Waals surface area contributed by atoms with Crippen LogP contribution in [0.2, 0.25) is 0 Å². The van der Waals surface area contributed by atoms with Crippen molar-refractivity contribution in [3.8, 4) is 17.6 Å². The fourth-order valence-corrected chi connectivity index (χ4v) is 1.41. The van der Waals surface area contributed by atoms with Gasteiger partial charge in [0.2, 0.25) is 0 Å². The van der Waals surface area contributed by atoms with E-state index in [-0.39, 0.29) is 12.4 Å². The van der Waals surface area contributed by atoms with E-state index < -0.39 is 0 Å². The van der Waals surface area contributed by atoms with Crippen LogP contribution in [0.3, 0.4) is 0 Å². The molecule has 0 radical (unpaired) electrons. The molecule has 0 heterocycles. The monoisotopic (exact) mass is 275 g/mol. The van der Waals surface area contributed by atoms with Gasteiger partial charge in [0.05, 0.1) is 6.61 Å². The molecule has 0 spiro atoms. The van der Waals surface area contributed by atoms with Crippen LogP contribution in [0.1, 0.15) is 18.9 Å². The Morgan fingerprint density at radius 2 is 1.95 bits per heavy atom. The van der Waals surface area contributed by atoms with E-state index in [1.54, 1.807) is 6.92 Å². The Labute approximate surface area is 120 Å². The molecule has 20 heavy (non-hydrogen) atoms. The zero-order valence-electron chi connectivity index (χ0n) is 12.3. The molecule has 0 bridgehead atoms. The smallest absolute Gasteiger partial charge is 0.317 e. The van der Waals surface area contributed by atoms with Crippen LogP contribution in [-0.4, -0.2) is 44.7 Å². The summed E-state index contributed by atoms with van der Waals surface area (Å²) in [4.78, 5) is 13.2. The molecule has 0 aliphatic heterocycles. The summed E-state index contributed by atoms with van der Waals surface area (Å²) in [5.41, 5.74) is 0.856. The lowest BCUT2D eigenvalue weighted by Gasteiger charge is -2.10. The van der Waals surface area contributed by atoms with Gasteiger partial charge in [0.15, 0.2) is 0 Å². The number of likely N-dealkylation sites (N-methyl/N-ethyl adjacent to an activating group) is 1. The zero-order chi connectivity index (χ0) is 14.8. The summed E-state index contributed by atoms with van der Waals surface area (Å²) in [6.07, 6.45) is 0.120. The molecule has 0 saturated heterocycles. The zero-order valence-corrected chi connectivity index (χ0v) is 12.3. The Bertz CT molecular complexity index is 469. The highest BCUT2D eigenvalue weighted by atomic mass is 16.5. The second-order valence-electron chi connectivity index (χ2n) is 4.46. The average molecular weight is 275 g/mol. The van der Waals surface area contributed by atoms with E-state index in [9.17, 15) is 4.79 Å². The Balaban J connectivity index is 2.42. The molecule has 1 aromatic carbocycles. The average Bonchev–Trinajstić information content (AvgIpc) is 2.40. The first kappa shape index (κ1) is 16.1. The van der Waals surface area contributed by atoms with Crippen molar-refractivity contribution in [3.05, 3.63) is 29.8 Å². The van der Waals surface area contributed by atoms with Gasteiger partial charge in [0, 0.05) is 12.1 Å². The van der Waals surface area contributed by atoms with E-state index in [4.69, 9.17) is 9.47 Å². The van der Waals surface area contributed by atoms with Gasteiger partial charge in [-0.25, -0.2) is 0 Å². The lowest BCUT2D eigenvalue weighted by Crippen LogP contribution is -2.19. The number of nitrogens with zero attached hydrogens (tertiary/aromatic N) is 1. The SMILES string of the molecule is CCOC(=O)CC#Cc1ccc(OCCN(C)C)cc1. The molecule has 0 saturated carbocycles. The molecular weight excluding hydrogens is 254 g/mol. The summed E-state index contributed by atoms with van der Waals surface area (Å²) in [7, 11) is 4.01. The third-order valence-corrected chi connectivity index (χ3v) is 2.43. The van der Waals surface area contributed by atoms with Crippen molar-refractivity contribution in [3.63, 3.8) is 0 Å². The topological polar surface area (TPSA) is 38.8 Å². The third-order valence-electron chi connectivity index (χ3n) is 2.43. The highest BCUT2D eigenvalue weighted by Gasteiger charge is 1.97. The minimum absolute atomic E-state index is 0.120. The molecule has 0 amide bonds. The predicted molar refractivity (Wildman–Crippen MR) is 78.6 cm³/mol. The normalized spacial score (nSPS) is 9.80. The van der Waals surface area contributed by atoms with Crippen molar-refractivity contribution >= 4 is 5.97 Å². The van der Waals surface area contributed by atoms with Gasteiger partial charge in [-0.05, 0) is 45.3 Å². The van der Waals surface area contributed by atoms with Gasteiger partial charge < -0.3 is 14.4 Å². The Morgan fingerprint density at radius 1 is 1.25 bits per heavy atom. The highest BCUT2D eigenvalue weighted by Crippen LogP contribution is 2.11. The molecule has 4 heteroatoms. The molecule has 0 unspecified atom stereocenters. The second-order valence-corrected chi connectivity index (χ2v) is 4.46. The standard InChI is InChI=1S/C16H21NO3/c1-4-19-16(18)7-5-6-14-8-10-15(11-9-14)20-13-12-17(2)3/h8-11H,4,7,12-13H2,1-3H3. The van der Waals surface area contributed by atoms with E-state index in [0.717, 1.165) is 17.9 Å². The van der Waals surface area contributed by atoms with Gasteiger partial charge in [0.1, 0.15) is 18.8 Å². The fraction of sp³-hybridized carbons (Fsp3) is 0.438. The van der Waals surface area contributed by atoms with E-state index in [0.29, 0.717) is 13.2 Å². The number of ether oxygens (including phenoxy) is 2. The summed E-state index contributed by atoms with van der Waals surface area (Å²) in [6.45, 7) is 3.70. The third kappa shape index (κ3) is 6.81. The summed E-state index contributed by atoms with van der Waals surface area (Å²) in [6, 6.07) is 7.51. The minimum Gasteiger partial charge on any atom is -0.492 e. The number of hydrogen-bond acceptors (Lipinski definition) is 4. The van der Waals surface area contributed by atoms with Gasteiger partial charge >= 0.3 is 5.97 Å². The summed E-state index contributed by atoms with van der Waals surface area (Å²) < 4.78 is 10.4. The highest BCUT2D eigenvalue weighted by molar-refractivity contribution is 5.72. The Morgan fingerprint density at radius 3 is 2.55 bits per heavy atom. The van der Waals surface area contributed by atoms with Crippen LogP contribution in [0.15, 0.2) is 24.3 Å². The number of rotatable bonds is 6. The first-order valence-corrected chi connectivity index (χ1v) is 6.64. The van der Waals surface area contributed by atoms with Crippen LogP contribution in [0.25, 0.3) is 0 Å². The first-order valence-electron chi connectivity index (χ1n) is 6.64. The van der Waals surface area contributed by atoms with E-state index in [1.165, 1.54) is 0 Å². The molecule has 1 aromatic rings. The van der Waals surface area contributed by atoms with Crippen molar-refractivity contribution in [1.82, 2.24) is 4.90 Å². The van der Waals surface area contributed by atoms with E-state index in [2.05, 4.69) is 16.7 Å². The van der Waals surface area contributed by atoms with Crippen LogP contribution in [0, 0.1) is 11.8 Å². The van der Waals surface area contributed by atoms with Crippen molar-refractivity contribution in [1.29, 1.82) is 0 Å². The molecule has 0 aliphatic rings. The molecule has 0 atom stereocenters. The van der Waals surface area contributed by atoms with Crippen LogP contribution >= 0.6 is 0 Å². The van der Waals surface area contributed by atoms with Crippen molar-refractivity contribution in [2.75, 3.05) is 33.9 Å². The van der Waals surface area contributed by atoms with E-state index >= 15 is 0 Å². The first-order chi connectivity index (χ1) is 9.61. The number of carbonyl (C=O) groups excluding carboxylic acids is 1. The molecule has 1 rings (SSSR count). The van der Waals surface area contributed by atoms with Gasteiger partial charge in [-0.1, -0.05) is 11.8 Å². The van der Waals surface area contributed by atoms with Crippen LogP contribution in [0.4, 0.5) is 0 Å². The molecule has 0 aliphatic carbocycles. The van der Waals surface area contributed by atoms with Gasteiger partial charge in [-0.2, -0.15) is 0 Å². The minimum atomic E-state index is -0.288. The lowest BCUT2D eigenvalue weighted by atomic mass is 10.2. The molecule has 108 valence electrons. The maximum Gasteiger partial charge on any atom is 0.317 e. The number of esters is 1. The molecule has 0 N–H and O–H groups in total. The van der Waals surface area contributed by atoms with Gasteiger partial charge in [-0.3, -0.25) is 4.79 Å². The maximum atomic E-state index is 11.1. The fourth-order valence-electron chi connectivity index (χ4n) is 1.41. The van der Waals surface area contributed by atoms with Crippen molar-refractivity contribution in [2.45, 2.75) is 13.3 Å². The largest absolute Gasteiger partial charge is 0.492 e. The maximum absolute atomic E-state index is 11.1. The molecule has 0 fully saturated rings. The molecular formula is C16H21NO3. The van der Waals surface area contributed by atoms with E-state index in [1.807, 2.05) is 38.4 Å². The van der Waals surface area contributed by atoms with Crippen molar-refractivity contribution < 1.29 is 14.3 Å². The van der Waals surface area contributed by atoms with Crippen LogP contribution in [0.5, 0.6) is 5.75 Å². The summed E-state index contributed by atoms with van der Waals surface area (Å²) in [5.74, 6) is 6.25. The van der Waals surface area contributed by atoms with Crippen LogP contribution < -0.4 is 4.74 Å². The Kier molecular flexibility index (Phi) is 7.23. The number of hydrogen-bond donors (Lipinski definition) is 0. The predicted octanol–water partition coefficient (Wildman–Crippen LogP) is 1.93. The summed E-state index contributed by atoms with van der Waals surface area (Å²) >= 11 is 0. The van der Waals surface area contributed by atoms with Gasteiger partial charge in [0.25, 0.3) is 0 Å². The summed E-state index contributed by atoms with van der Waals surface area (Å²) in [5, 5.41) is 0.